The minimum absolute atomic E-state index is 0.126. The average molecular weight is 387 g/mol. The number of methoxy groups -OCH3 is 1. The van der Waals surface area contributed by atoms with Gasteiger partial charge in [-0.05, 0) is 24.3 Å². The third-order valence-electron chi connectivity index (χ3n) is 4.09. The summed E-state index contributed by atoms with van der Waals surface area (Å²) >= 11 is 0. The Morgan fingerprint density at radius 2 is 1.89 bits per heavy atom. The van der Waals surface area contributed by atoms with Crippen LogP contribution in [0.15, 0.2) is 54.7 Å². The van der Waals surface area contributed by atoms with Crippen molar-refractivity contribution in [3.05, 3.63) is 60.3 Å². The van der Waals surface area contributed by atoms with Gasteiger partial charge in [0.05, 0.1) is 24.6 Å². The van der Waals surface area contributed by atoms with E-state index in [4.69, 9.17) is 4.74 Å². The standard InChI is InChI=1S/C19H21N3O4S/c1-26-18-9-4-3-6-14(18)12-20-19(23)13-22-11-10-15-16(21-27(2,24)25)7-5-8-17(15)22/h3-11,21H,12-13H2,1-2H3,(H,20,23). The first-order valence-electron chi connectivity index (χ1n) is 8.31. The number of benzene rings is 2. The quantitative estimate of drug-likeness (QED) is 0.651. The summed E-state index contributed by atoms with van der Waals surface area (Å²) in [6.07, 6.45) is 2.87. The van der Waals surface area contributed by atoms with Crippen molar-refractivity contribution in [2.45, 2.75) is 13.1 Å². The van der Waals surface area contributed by atoms with Crippen LogP contribution < -0.4 is 14.8 Å². The molecule has 142 valence electrons. The van der Waals surface area contributed by atoms with Crippen molar-refractivity contribution >= 4 is 32.5 Å². The molecule has 2 N–H and O–H groups in total. The molecule has 3 rings (SSSR count). The molecule has 1 heterocycles. The fraction of sp³-hybridized carbons (Fsp3) is 0.211. The number of aromatic nitrogens is 1. The van der Waals surface area contributed by atoms with Crippen LogP contribution in [0.4, 0.5) is 5.69 Å². The van der Waals surface area contributed by atoms with E-state index in [1.54, 1.807) is 36.1 Å². The molecule has 0 aliphatic carbocycles. The number of anilines is 1. The van der Waals surface area contributed by atoms with Gasteiger partial charge in [-0.2, -0.15) is 0 Å². The molecule has 0 unspecified atom stereocenters. The smallest absolute Gasteiger partial charge is 0.240 e. The summed E-state index contributed by atoms with van der Waals surface area (Å²) in [6.45, 7) is 0.490. The lowest BCUT2D eigenvalue weighted by molar-refractivity contribution is -0.121. The zero-order valence-corrected chi connectivity index (χ0v) is 15.9. The maximum Gasteiger partial charge on any atom is 0.240 e. The lowest BCUT2D eigenvalue weighted by atomic mass is 10.2. The summed E-state index contributed by atoms with van der Waals surface area (Å²) in [6, 6.07) is 14.6. The maximum absolute atomic E-state index is 12.4. The summed E-state index contributed by atoms with van der Waals surface area (Å²) in [5, 5.41) is 3.61. The molecule has 0 fully saturated rings. The van der Waals surface area contributed by atoms with Gasteiger partial charge in [0.1, 0.15) is 12.3 Å². The molecule has 1 aromatic heterocycles. The highest BCUT2D eigenvalue weighted by atomic mass is 32.2. The van der Waals surface area contributed by atoms with Crippen molar-refractivity contribution in [1.82, 2.24) is 9.88 Å². The molecule has 2 aromatic carbocycles. The Bertz CT molecular complexity index is 1070. The van der Waals surface area contributed by atoms with E-state index < -0.39 is 10.0 Å². The van der Waals surface area contributed by atoms with Crippen molar-refractivity contribution in [3.63, 3.8) is 0 Å². The lowest BCUT2D eigenvalue weighted by Gasteiger charge is -2.11. The van der Waals surface area contributed by atoms with Crippen LogP contribution in [0, 0.1) is 0 Å². The number of sulfonamides is 1. The molecule has 0 aliphatic heterocycles. The molecule has 8 heteroatoms. The molecule has 0 saturated carbocycles. The molecule has 0 radical (unpaired) electrons. The van der Waals surface area contributed by atoms with Crippen molar-refractivity contribution in [3.8, 4) is 5.75 Å². The van der Waals surface area contributed by atoms with E-state index in [2.05, 4.69) is 10.0 Å². The molecule has 0 saturated heterocycles. The Morgan fingerprint density at radius 1 is 1.11 bits per heavy atom. The lowest BCUT2D eigenvalue weighted by Crippen LogP contribution is -2.27. The number of ether oxygens (including phenoxy) is 1. The summed E-state index contributed by atoms with van der Waals surface area (Å²) in [7, 11) is -1.79. The molecular weight excluding hydrogens is 366 g/mol. The van der Waals surface area contributed by atoms with Gasteiger partial charge in [-0.1, -0.05) is 24.3 Å². The van der Waals surface area contributed by atoms with Gasteiger partial charge < -0.3 is 14.6 Å². The largest absolute Gasteiger partial charge is 0.496 e. The van der Waals surface area contributed by atoms with Crippen LogP contribution in [0.2, 0.25) is 0 Å². The second-order valence-corrected chi connectivity index (χ2v) is 7.89. The monoisotopic (exact) mass is 387 g/mol. The first-order valence-corrected chi connectivity index (χ1v) is 10.2. The molecule has 0 bridgehead atoms. The van der Waals surface area contributed by atoms with Gasteiger partial charge in [0.2, 0.25) is 15.9 Å². The van der Waals surface area contributed by atoms with Crippen LogP contribution in [0.5, 0.6) is 5.75 Å². The number of rotatable bonds is 7. The van der Waals surface area contributed by atoms with Gasteiger partial charge >= 0.3 is 0 Å². The highest BCUT2D eigenvalue weighted by Gasteiger charge is 2.11. The highest BCUT2D eigenvalue weighted by Crippen LogP contribution is 2.25. The Hall–Kier alpha value is -3.00. The summed E-state index contributed by atoms with van der Waals surface area (Å²) in [5.41, 5.74) is 2.16. The minimum Gasteiger partial charge on any atom is -0.496 e. The van der Waals surface area contributed by atoms with Crippen LogP contribution in [-0.2, 0) is 27.9 Å². The molecular formula is C19H21N3O4S. The van der Waals surface area contributed by atoms with Crippen LogP contribution in [0.1, 0.15) is 5.56 Å². The SMILES string of the molecule is COc1ccccc1CNC(=O)Cn1ccc2c(NS(C)(=O)=O)cccc21. The number of hydrogen-bond donors (Lipinski definition) is 2. The number of fused-ring (bicyclic) bond motifs is 1. The second-order valence-electron chi connectivity index (χ2n) is 6.14. The Morgan fingerprint density at radius 3 is 2.63 bits per heavy atom. The van der Waals surface area contributed by atoms with E-state index in [9.17, 15) is 13.2 Å². The molecule has 0 atom stereocenters. The van der Waals surface area contributed by atoms with Gasteiger partial charge in [0.25, 0.3) is 0 Å². The Labute approximate surface area is 158 Å². The number of nitrogens with one attached hydrogen (secondary N) is 2. The van der Waals surface area contributed by atoms with Gasteiger partial charge in [-0.25, -0.2) is 8.42 Å². The second kappa shape index (κ2) is 7.71. The van der Waals surface area contributed by atoms with Crippen LogP contribution in [-0.4, -0.2) is 32.3 Å². The van der Waals surface area contributed by atoms with E-state index in [0.29, 0.717) is 12.2 Å². The first-order chi connectivity index (χ1) is 12.9. The molecule has 3 aromatic rings. The maximum atomic E-state index is 12.4. The van der Waals surface area contributed by atoms with Crippen LogP contribution >= 0.6 is 0 Å². The zero-order valence-electron chi connectivity index (χ0n) is 15.1. The predicted octanol–water partition coefficient (Wildman–Crippen LogP) is 2.34. The van der Waals surface area contributed by atoms with Crippen molar-refractivity contribution in [1.29, 1.82) is 0 Å². The molecule has 1 amide bonds. The number of nitrogens with zero attached hydrogens (tertiary/aromatic N) is 1. The third kappa shape index (κ3) is 4.59. The normalized spacial score (nSPS) is 11.3. The van der Waals surface area contributed by atoms with Gasteiger partial charge in [-0.15, -0.1) is 0 Å². The van der Waals surface area contributed by atoms with Gasteiger partial charge in [0.15, 0.2) is 0 Å². The minimum atomic E-state index is -3.38. The van der Waals surface area contributed by atoms with E-state index in [-0.39, 0.29) is 12.5 Å². The fourth-order valence-electron chi connectivity index (χ4n) is 2.90. The van der Waals surface area contributed by atoms with Crippen LogP contribution in [0.3, 0.4) is 0 Å². The highest BCUT2D eigenvalue weighted by molar-refractivity contribution is 7.92. The van der Waals surface area contributed by atoms with E-state index in [0.717, 1.165) is 28.5 Å². The van der Waals surface area contributed by atoms with Crippen molar-refractivity contribution in [2.24, 2.45) is 0 Å². The number of hydrogen-bond acceptors (Lipinski definition) is 4. The van der Waals surface area contributed by atoms with E-state index >= 15 is 0 Å². The topological polar surface area (TPSA) is 89.4 Å². The number of carbonyl (C=O) groups excluding carboxylic acids is 1. The van der Waals surface area contributed by atoms with E-state index in [1.165, 1.54) is 0 Å². The fourth-order valence-corrected chi connectivity index (χ4v) is 3.48. The van der Waals surface area contributed by atoms with Crippen molar-refractivity contribution < 1.29 is 17.9 Å². The molecule has 27 heavy (non-hydrogen) atoms. The van der Waals surface area contributed by atoms with E-state index in [1.807, 2.05) is 30.3 Å². The van der Waals surface area contributed by atoms with Crippen LogP contribution in [0.25, 0.3) is 10.9 Å². The van der Waals surface area contributed by atoms with Crippen molar-refractivity contribution in [2.75, 3.05) is 18.1 Å². The predicted molar refractivity (Wildman–Crippen MR) is 105 cm³/mol. The van der Waals surface area contributed by atoms with Gasteiger partial charge in [0, 0.05) is 23.7 Å². The number of amides is 1. The zero-order chi connectivity index (χ0) is 19.4. The van der Waals surface area contributed by atoms with Gasteiger partial charge in [-0.3, -0.25) is 9.52 Å². The Kier molecular flexibility index (Phi) is 5.36. The third-order valence-corrected chi connectivity index (χ3v) is 4.68. The average Bonchev–Trinajstić information content (AvgIpc) is 3.03. The summed E-state index contributed by atoms with van der Waals surface area (Å²) < 4.78 is 32.6. The summed E-state index contributed by atoms with van der Waals surface area (Å²) in [5.74, 6) is 0.570. The molecule has 0 aliphatic rings. The molecule has 7 nitrogen and oxygen atoms in total. The molecule has 0 spiro atoms. The number of para-hydroxylation sites is 1. The first kappa shape index (κ1) is 18.8. The summed E-state index contributed by atoms with van der Waals surface area (Å²) in [4.78, 5) is 12.4. The number of carbonyl (C=O) groups is 1. The Balaban J connectivity index is 1.73.